The van der Waals surface area contributed by atoms with E-state index in [1.165, 1.54) is 16.3 Å². The zero-order chi connectivity index (χ0) is 23.6. The fourth-order valence-corrected chi connectivity index (χ4v) is 5.11. The fourth-order valence-electron chi connectivity index (χ4n) is 5.11. The van der Waals surface area contributed by atoms with Crippen LogP contribution in [-0.4, -0.2) is 4.98 Å². The number of pyridine rings is 1. The average molecular weight is 446 g/mol. The van der Waals surface area contributed by atoms with Crippen molar-refractivity contribution in [3.8, 4) is 22.6 Å². The molecule has 3 heterocycles. The van der Waals surface area contributed by atoms with Gasteiger partial charge in [0.2, 0.25) is 0 Å². The molecule has 0 amide bonds. The van der Waals surface area contributed by atoms with Gasteiger partial charge in [-0.25, -0.2) is 0 Å². The lowest BCUT2D eigenvalue weighted by molar-refractivity contribution is 0.575. The summed E-state index contributed by atoms with van der Waals surface area (Å²) in [5, 5.41) is 4.64. The summed E-state index contributed by atoms with van der Waals surface area (Å²) < 4.78 is 12.5. The lowest BCUT2D eigenvalue weighted by atomic mass is 9.82. The number of nitrogens with zero attached hydrogens (tertiary/aromatic N) is 1. The van der Waals surface area contributed by atoms with Crippen LogP contribution in [0, 0.1) is 13.8 Å². The van der Waals surface area contributed by atoms with Crippen LogP contribution >= 0.6 is 0 Å². The number of rotatable bonds is 2. The molecule has 0 spiro atoms. The minimum Gasteiger partial charge on any atom is -0.461 e. The molecule has 0 N–H and O–H groups in total. The maximum Gasteiger partial charge on any atom is 0.145 e. The Bertz CT molecular complexity index is 1710. The Morgan fingerprint density at radius 2 is 1.59 bits per heavy atom. The van der Waals surface area contributed by atoms with Gasteiger partial charge in [0.15, 0.2) is 0 Å². The minimum atomic E-state index is 0.00685. The fraction of sp³-hybridized carbons (Fsp3) is 0.194. The van der Waals surface area contributed by atoms with Crippen LogP contribution < -0.4 is 0 Å². The van der Waals surface area contributed by atoms with E-state index in [1.54, 1.807) is 0 Å². The van der Waals surface area contributed by atoms with E-state index in [-0.39, 0.29) is 5.41 Å². The van der Waals surface area contributed by atoms with Gasteiger partial charge < -0.3 is 8.83 Å². The quantitative estimate of drug-likeness (QED) is 0.267. The molecular formula is C31H27NO2. The topological polar surface area (TPSA) is 39.2 Å². The van der Waals surface area contributed by atoms with Gasteiger partial charge in [0.25, 0.3) is 0 Å². The molecule has 168 valence electrons. The van der Waals surface area contributed by atoms with E-state index in [2.05, 4.69) is 88.4 Å². The summed E-state index contributed by atoms with van der Waals surface area (Å²) in [6.45, 7) is 10.9. The predicted octanol–water partition coefficient (Wildman–Crippen LogP) is 8.98. The molecule has 0 saturated heterocycles. The average Bonchev–Trinajstić information content (AvgIpc) is 3.36. The molecule has 34 heavy (non-hydrogen) atoms. The van der Waals surface area contributed by atoms with Crippen molar-refractivity contribution in [2.75, 3.05) is 0 Å². The molecule has 0 unspecified atom stereocenters. The molecule has 0 radical (unpaired) electrons. The molecule has 0 saturated carbocycles. The first-order chi connectivity index (χ1) is 16.3. The first kappa shape index (κ1) is 20.7. The third-order valence-corrected chi connectivity index (χ3v) is 6.70. The highest BCUT2D eigenvalue weighted by Crippen LogP contribution is 2.42. The maximum atomic E-state index is 6.45. The third-order valence-electron chi connectivity index (χ3n) is 6.70. The van der Waals surface area contributed by atoms with E-state index in [1.807, 2.05) is 19.2 Å². The Hall–Kier alpha value is -3.85. The number of hydrogen-bond acceptors (Lipinski definition) is 3. The Kier molecular flexibility index (Phi) is 4.47. The second-order valence-corrected chi connectivity index (χ2v) is 10.2. The van der Waals surface area contributed by atoms with Crippen molar-refractivity contribution in [3.05, 3.63) is 89.8 Å². The van der Waals surface area contributed by atoms with Crippen molar-refractivity contribution < 1.29 is 8.83 Å². The summed E-state index contributed by atoms with van der Waals surface area (Å²) in [4.78, 5) is 4.86. The van der Waals surface area contributed by atoms with Crippen LogP contribution in [-0.2, 0) is 5.41 Å². The number of aryl methyl sites for hydroxylation is 2. The van der Waals surface area contributed by atoms with Gasteiger partial charge >= 0.3 is 0 Å². The standard InChI is InChI=1S/C31H27NO2/c1-18-15-21-10-8-12-24(30(21)33-18)29-19(2)27-26(34-29)13-14-32-28(27)22-16-20-9-6-7-11-23(20)25(17-22)31(3,4)5/h6-17H,1-5H3. The Balaban J connectivity index is 1.63. The Labute approximate surface area is 199 Å². The SMILES string of the molecule is Cc1cc2cccc(-c3oc4ccnc(-c5cc(C(C)(C)C)c6ccccc6c5)c4c3C)c2o1. The van der Waals surface area contributed by atoms with Crippen molar-refractivity contribution in [1.29, 1.82) is 0 Å². The van der Waals surface area contributed by atoms with E-state index >= 15 is 0 Å². The summed E-state index contributed by atoms with van der Waals surface area (Å²) in [6.07, 6.45) is 1.84. The van der Waals surface area contributed by atoms with Gasteiger partial charge in [0, 0.05) is 22.7 Å². The molecule has 6 rings (SSSR count). The van der Waals surface area contributed by atoms with Crippen LogP contribution in [0.25, 0.3) is 55.3 Å². The van der Waals surface area contributed by atoms with Gasteiger partial charge in [-0.1, -0.05) is 57.2 Å². The normalized spacial score (nSPS) is 12.3. The number of aromatic nitrogens is 1. The number of para-hydroxylation sites is 1. The highest BCUT2D eigenvalue weighted by Gasteiger charge is 2.23. The molecule has 3 heteroatoms. The Morgan fingerprint density at radius 3 is 2.41 bits per heavy atom. The van der Waals surface area contributed by atoms with Gasteiger partial charge in [0.1, 0.15) is 22.7 Å². The van der Waals surface area contributed by atoms with E-state index in [4.69, 9.17) is 13.8 Å². The predicted molar refractivity (Wildman–Crippen MR) is 140 cm³/mol. The summed E-state index contributed by atoms with van der Waals surface area (Å²) in [7, 11) is 0. The second kappa shape index (κ2) is 7.33. The van der Waals surface area contributed by atoms with Crippen LogP contribution in [0.2, 0.25) is 0 Å². The minimum absolute atomic E-state index is 0.00685. The first-order valence-corrected chi connectivity index (χ1v) is 11.7. The highest BCUT2D eigenvalue weighted by molar-refractivity contribution is 6.02. The maximum absolute atomic E-state index is 6.45. The molecule has 0 aliphatic heterocycles. The zero-order valence-electron chi connectivity index (χ0n) is 20.2. The van der Waals surface area contributed by atoms with Gasteiger partial charge in [-0.15, -0.1) is 0 Å². The third kappa shape index (κ3) is 3.15. The molecule has 3 nitrogen and oxygen atoms in total. The molecule has 0 aliphatic carbocycles. The number of benzene rings is 3. The highest BCUT2D eigenvalue weighted by atomic mass is 16.3. The van der Waals surface area contributed by atoms with Crippen LogP contribution in [0.15, 0.2) is 81.8 Å². The molecule has 0 fully saturated rings. The van der Waals surface area contributed by atoms with E-state index in [0.29, 0.717) is 0 Å². The molecule has 6 aromatic rings. The van der Waals surface area contributed by atoms with E-state index in [0.717, 1.165) is 55.8 Å². The van der Waals surface area contributed by atoms with Crippen molar-refractivity contribution in [2.45, 2.75) is 40.0 Å². The van der Waals surface area contributed by atoms with Crippen molar-refractivity contribution in [3.63, 3.8) is 0 Å². The monoisotopic (exact) mass is 445 g/mol. The van der Waals surface area contributed by atoms with Crippen LogP contribution in [0.4, 0.5) is 0 Å². The smallest absolute Gasteiger partial charge is 0.145 e. The van der Waals surface area contributed by atoms with E-state index < -0.39 is 0 Å². The second-order valence-electron chi connectivity index (χ2n) is 10.2. The van der Waals surface area contributed by atoms with Crippen molar-refractivity contribution in [2.24, 2.45) is 0 Å². The largest absolute Gasteiger partial charge is 0.461 e. The lowest BCUT2D eigenvalue weighted by Gasteiger charge is -2.22. The molecule has 0 bridgehead atoms. The molecular weight excluding hydrogens is 418 g/mol. The van der Waals surface area contributed by atoms with Crippen molar-refractivity contribution in [1.82, 2.24) is 4.98 Å². The van der Waals surface area contributed by atoms with Crippen LogP contribution in [0.3, 0.4) is 0 Å². The van der Waals surface area contributed by atoms with Gasteiger partial charge in [-0.05, 0) is 65.9 Å². The number of hydrogen-bond donors (Lipinski definition) is 0. The van der Waals surface area contributed by atoms with Crippen LogP contribution in [0.1, 0.15) is 37.7 Å². The van der Waals surface area contributed by atoms with Crippen LogP contribution in [0.5, 0.6) is 0 Å². The summed E-state index contributed by atoms with van der Waals surface area (Å²) in [6, 6.07) is 23.4. The van der Waals surface area contributed by atoms with E-state index in [9.17, 15) is 0 Å². The van der Waals surface area contributed by atoms with Crippen molar-refractivity contribution >= 4 is 32.7 Å². The number of fused-ring (bicyclic) bond motifs is 3. The molecule has 0 aliphatic rings. The molecule has 0 atom stereocenters. The van der Waals surface area contributed by atoms with Gasteiger partial charge in [-0.3, -0.25) is 4.98 Å². The lowest BCUT2D eigenvalue weighted by Crippen LogP contribution is -2.12. The molecule has 3 aromatic heterocycles. The van der Waals surface area contributed by atoms with Gasteiger partial charge in [0.05, 0.1) is 16.6 Å². The zero-order valence-corrected chi connectivity index (χ0v) is 20.2. The summed E-state index contributed by atoms with van der Waals surface area (Å²) >= 11 is 0. The number of furan rings is 2. The summed E-state index contributed by atoms with van der Waals surface area (Å²) in [5.41, 5.74) is 7.12. The molecule has 3 aromatic carbocycles. The van der Waals surface area contributed by atoms with Gasteiger partial charge in [-0.2, -0.15) is 0 Å². The Morgan fingerprint density at radius 1 is 0.794 bits per heavy atom. The summed E-state index contributed by atoms with van der Waals surface area (Å²) in [5.74, 6) is 1.73. The first-order valence-electron chi connectivity index (χ1n) is 11.7.